The summed E-state index contributed by atoms with van der Waals surface area (Å²) < 4.78 is 5.94. The highest BCUT2D eigenvalue weighted by atomic mass is 35.5. The highest BCUT2D eigenvalue weighted by Gasteiger charge is 2.36. The van der Waals surface area contributed by atoms with Crippen LogP contribution >= 0.6 is 11.6 Å². The Bertz CT molecular complexity index is 727. The van der Waals surface area contributed by atoms with Crippen LogP contribution in [0, 0.1) is 23.7 Å². The second-order valence-electron chi connectivity index (χ2n) is 7.02. The first kappa shape index (κ1) is 19.5. The Hall–Kier alpha value is -2.28. The standard InChI is InChI=1S/C20H23ClN4O2/c1-2-16-5-6-17(10-22)25(16)20(26)13-24-15-3-7-18(8-4-15)27-19-9-14(21)11-23-12-19/h1,9,11-12,15-18,24H,3-8,13H2/t15?,16-,17+,18?/m1/s1. The van der Waals surface area contributed by atoms with Crippen LogP contribution in [0.5, 0.6) is 5.75 Å². The lowest BCUT2D eigenvalue weighted by atomic mass is 9.93. The van der Waals surface area contributed by atoms with E-state index in [0.717, 1.165) is 25.7 Å². The number of amides is 1. The van der Waals surface area contributed by atoms with Crippen LogP contribution in [0.1, 0.15) is 38.5 Å². The van der Waals surface area contributed by atoms with Gasteiger partial charge in [0.1, 0.15) is 11.8 Å². The van der Waals surface area contributed by atoms with Gasteiger partial charge in [-0.1, -0.05) is 17.5 Å². The minimum Gasteiger partial charge on any atom is -0.489 e. The molecule has 0 aromatic carbocycles. The quantitative estimate of drug-likeness (QED) is 0.787. The summed E-state index contributed by atoms with van der Waals surface area (Å²) in [6.07, 6.45) is 13.9. The smallest absolute Gasteiger partial charge is 0.238 e. The third kappa shape index (κ3) is 4.91. The Kier molecular flexibility index (Phi) is 6.55. The number of nitrogens with one attached hydrogen (secondary N) is 1. The van der Waals surface area contributed by atoms with E-state index in [1.54, 1.807) is 23.4 Å². The summed E-state index contributed by atoms with van der Waals surface area (Å²) in [5, 5.41) is 13.1. The van der Waals surface area contributed by atoms with E-state index in [0.29, 0.717) is 23.6 Å². The highest BCUT2D eigenvalue weighted by molar-refractivity contribution is 6.30. The first-order valence-electron chi connectivity index (χ1n) is 9.28. The summed E-state index contributed by atoms with van der Waals surface area (Å²) in [6.45, 7) is 0.213. The summed E-state index contributed by atoms with van der Waals surface area (Å²) in [6, 6.07) is 3.54. The van der Waals surface area contributed by atoms with E-state index in [9.17, 15) is 10.1 Å². The number of halogens is 1. The normalized spacial score (nSPS) is 27.6. The maximum atomic E-state index is 12.5. The van der Waals surface area contributed by atoms with E-state index >= 15 is 0 Å². The molecule has 2 fully saturated rings. The molecule has 1 N–H and O–H groups in total. The lowest BCUT2D eigenvalue weighted by Gasteiger charge is -2.30. The highest BCUT2D eigenvalue weighted by Crippen LogP contribution is 2.26. The number of hydrogen-bond acceptors (Lipinski definition) is 5. The number of carbonyl (C=O) groups is 1. The molecule has 1 saturated heterocycles. The lowest BCUT2D eigenvalue weighted by molar-refractivity contribution is -0.131. The molecule has 2 atom stereocenters. The average molecular weight is 387 g/mol. The zero-order chi connectivity index (χ0) is 19.2. The summed E-state index contributed by atoms with van der Waals surface area (Å²) in [5.41, 5.74) is 0. The van der Waals surface area contributed by atoms with Crippen LogP contribution in [-0.2, 0) is 4.79 Å². The van der Waals surface area contributed by atoms with Crippen LogP contribution in [0.3, 0.4) is 0 Å². The minimum absolute atomic E-state index is 0.0922. The van der Waals surface area contributed by atoms with Gasteiger partial charge < -0.3 is 15.0 Å². The Morgan fingerprint density at radius 1 is 1.30 bits per heavy atom. The first-order chi connectivity index (χ1) is 13.1. The SMILES string of the molecule is C#C[C@@H]1CC[C@@H](C#N)N1C(=O)CNC1CCC(Oc2cncc(Cl)c2)CC1. The van der Waals surface area contributed by atoms with Gasteiger partial charge in [0, 0.05) is 18.3 Å². The third-order valence-electron chi connectivity index (χ3n) is 5.21. The van der Waals surface area contributed by atoms with Crippen LogP contribution < -0.4 is 10.1 Å². The van der Waals surface area contributed by atoms with Crippen molar-refractivity contribution in [3.8, 4) is 24.2 Å². The van der Waals surface area contributed by atoms with Crippen molar-refractivity contribution in [3.63, 3.8) is 0 Å². The van der Waals surface area contributed by atoms with Gasteiger partial charge in [0.25, 0.3) is 0 Å². The fourth-order valence-electron chi connectivity index (χ4n) is 3.81. The lowest BCUT2D eigenvalue weighted by Crippen LogP contribution is -2.47. The largest absolute Gasteiger partial charge is 0.489 e. The van der Waals surface area contributed by atoms with Gasteiger partial charge >= 0.3 is 0 Å². The van der Waals surface area contributed by atoms with Gasteiger partial charge in [-0.2, -0.15) is 5.26 Å². The molecule has 2 aliphatic rings. The van der Waals surface area contributed by atoms with Crippen molar-refractivity contribution in [3.05, 3.63) is 23.5 Å². The molecule has 1 aliphatic heterocycles. The molecule has 3 rings (SSSR count). The Morgan fingerprint density at radius 3 is 2.70 bits per heavy atom. The molecule has 142 valence electrons. The van der Waals surface area contributed by atoms with Crippen molar-refractivity contribution < 1.29 is 9.53 Å². The fraction of sp³-hybridized carbons (Fsp3) is 0.550. The van der Waals surface area contributed by atoms with Crippen LogP contribution in [0.2, 0.25) is 5.02 Å². The molecule has 1 aliphatic carbocycles. The Morgan fingerprint density at radius 2 is 2.04 bits per heavy atom. The van der Waals surface area contributed by atoms with Crippen LogP contribution in [0.15, 0.2) is 18.5 Å². The number of nitriles is 1. The predicted octanol–water partition coefficient (Wildman–Crippen LogP) is 2.53. The van der Waals surface area contributed by atoms with Crippen molar-refractivity contribution in [1.29, 1.82) is 5.26 Å². The van der Waals surface area contributed by atoms with Gasteiger partial charge in [-0.25, -0.2) is 0 Å². The number of terminal acetylenes is 1. The number of ether oxygens (including phenoxy) is 1. The van der Waals surface area contributed by atoms with Gasteiger partial charge in [-0.3, -0.25) is 9.78 Å². The molecule has 0 radical (unpaired) electrons. The van der Waals surface area contributed by atoms with Crippen molar-refractivity contribution in [2.75, 3.05) is 6.54 Å². The van der Waals surface area contributed by atoms with Crippen molar-refractivity contribution in [2.45, 2.75) is 62.8 Å². The van der Waals surface area contributed by atoms with Gasteiger partial charge in [0.15, 0.2) is 0 Å². The van der Waals surface area contributed by atoms with E-state index in [2.05, 4.69) is 22.3 Å². The van der Waals surface area contributed by atoms with Gasteiger partial charge in [0.2, 0.25) is 5.91 Å². The maximum absolute atomic E-state index is 12.5. The molecular weight excluding hydrogens is 364 g/mol. The Labute approximate surface area is 164 Å². The minimum atomic E-state index is -0.407. The number of aromatic nitrogens is 1. The number of carbonyl (C=O) groups excluding carboxylic acids is 1. The molecular formula is C20H23ClN4O2. The summed E-state index contributed by atoms with van der Waals surface area (Å²) in [7, 11) is 0. The summed E-state index contributed by atoms with van der Waals surface area (Å²) in [5.74, 6) is 3.22. The van der Waals surface area contributed by atoms with Crippen molar-refractivity contribution >= 4 is 17.5 Å². The van der Waals surface area contributed by atoms with Crippen molar-refractivity contribution in [2.24, 2.45) is 0 Å². The molecule has 0 bridgehead atoms. The molecule has 6 nitrogen and oxygen atoms in total. The number of rotatable bonds is 5. The predicted molar refractivity (Wildman–Crippen MR) is 102 cm³/mol. The average Bonchev–Trinajstić information content (AvgIpc) is 3.10. The zero-order valence-electron chi connectivity index (χ0n) is 15.1. The molecule has 1 aromatic heterocycles. The van der Waals surface area contributed by atoms with E-state index < -0.39 is 6.04 Å². The Balaban J connectivity index is 1.43. The summed E-state index contributed by atoms with van der Waals surface area (Å²) in [4.78, 5) is 18.1. The number of hydrogen-bond donors (Lipinski definition) is 1. The van der Waals surface area contributed by atoms with E-state index in [1.165, 1.54) is 0 Å². The van der Waals surface area contributed by atoms with E-state index in [-0.39, 0.29) is 30.6 Å². The number of likely N-dealkylation sites (tertiary alicyclic amines) is 1. The maximum Gasteiger partial charge on any atom is 0.238 e. The third-order valence-corrected chi connectivity index (χ3v) is 5.42. The molecule has 1 amide bonds. The van der Waals surface area contributed by atoms with Crippen LogP contribution in [0.25, 0.3) is 0 Å². The molecule has 7 heteroatoms. The monoisotopic (exact) mass is 386 g/mol. The second-order valence-corrected chi connectivity index (χ2v) is 7.45. The summed E-state index contributed by atoms with van der Waals surface area (Å²) >= 11 is 5.93. The zero-order valence-corrected chi connectivity index (χ0v) is 15.9. The molecule has 0 unspecified atom stereocenters. The second kappa shape index (κ2) is 9.08. The topological polar surface area (TPSA) is 78.2 Å². The molecule has 0 spiro atoms. The van der Waals surface area contributed by atoms with Crippen LogP contribution in [0.4, 0.5) is 0 Å². The van der Waals surface area contributed by atoms with Crippen molar-refractivity contribution in [1.82, 2.24) is 15.2 Å². The first-order valence-corrected chi connectivity index (χ1v) is 9.66. The van der Waals surface area contributed by atoms with Gasteiger partial charge in [-0.05, 0) is 38.5 Å². The number of nitrogens with zero attached hydrogens (tertiary/aromatic N) is 3. The fourth-order valence-corrected chi connectivity index (χ4v) is 3.97. The molecule has 2 heterocycles. The van der Waals surface area contributed by atoms with Gasteiger partial charge in [-0.15, -0.1) is 6.42 Å². The van der Waals surface area contributed by atoms with Gasteiger partial charge in [0.05, 0.1) is 36.0 Å². The van der Waals surface area contributed by atoms with Crippen LogP contribution in [-0.4, -0.2) is 46.6 Å². The number of pyridine rings is 1. The van der Waals surface area contributed by atoms with E-state index in [1.807, 2.05) is 0 Å². The molecule has 27 heavy (non-hydrogen) atoms. The van der Waals surface area contributed by atoms with E-state index in [4.69, 9.17) is 22.8 Å². The molecule has 1 aromatic rings. The molecule has 1 saturated carbocycles.